The predicted octanol–water partition coefficient (Wildman–Crippen LogP) is 3.90. The number of oxazole rings is 1. The molecule has 0 radical (unpaired) electrons. The summed E-state index contributed by atoms with van der Waals surface area (Å²) in [4.78, 5) is 7.65. The highest BCUT2D eigenvalue weighted by Gasteiger charge is 2.39. The molecule has 13 heteroatoms. The molecule has 1 aliphatic rings. The Bertz CT molecular complexity index is 1300. The lowest BCUT2D eigenvalue weighted by molar-refractivity contribution is -0.0384. The standard InChI is InChI=1S/C20H20F3N3O5S2/c1-2-33(28,29)15-8-9-16(24-11-12-5-4-10-30-12)25-18(15)19-26-17-13(31-19)6-3-7-14(17)32(27)20(21,22)23/h3,6-9,12H,2,4-5,10-11H2,1H3,(H,24,25). The van der Waals surface area contributed by atoms with E-state index in [-0.39, 0.29) is 39.4 Å². The second-order valence-corrected chi connectivity index (χ2v) is 11.0. The number of benzene rings is 1. The summed E-state index contributed by atoms with van der Waals surface area (Å²) in [6, 6.07) is 6.49. The zero-order valence-electron chi connectivity index (χ0n) is 17.4. The number of para-hydroxylation sites is 1. The molecule has 0 aliphatic carbocycles. The van der Waals surface area contributed by atoms with E-state index in [1.54, 1.807) is 0 Å². The number of nitrogens with one attached hydrogen (secondary N) is 1. The third-order valence-electron chi connectivity index (χ3n) is 5.10. The summed E-state index contributed by atoms with van der Waals surface area (Å²) in [6.45, 7) is 2.58. The van der Waals surface area contributed by atoms with Gasteiger partial charge in [-0.1, -0.05) is 13.0 Å². The molecule has 0 spiro atoms. The largest absolute Gasteiger partial charge is 0.475 e. The van der Waals surface area contributed by atoms with Gasteiger partial charge in [0.1, 0.15) is 17.0 Å². The van der Waals surface area contributed by atoms with E-state index in [0.717, 1.165) is 18.9 Å². The summed E-state index contributed by atoms with van der Waals surface area (Å²) < 4.78 is 87.5. The monoisotopic (exact) mass is 503 g/mol. The van der Waals surface area contributed by atoms with E-state index in [4.69, 9.17) is 9.15 Å². The van der Waals surface area contributed by atoms with Crippen molar-refractivity contribution in [2.45, 2.75) is 41.2 Å². The maximum absolute atomic E-state index is 13.1. The van der Waals surface area contributed by atoms with Crippen molar-refractivity contribution in [3.63, 3.8) is 0 Å². The molecule has 1 fully saturated rings. The number of hydrogen-bond donors (Lipinski definition) is 1. The van der Waals surface area contributed by atoms with Crippen molar-refractivity contribution in [1.82, 2.24) is 9.97 Å². The van der Waals surface area contributed by atoms with Gasteiger partial charge in [0, 0.05) is 13.2 Å². The predicted molar refractivity (Wildman–Crippen MR) is 115 cm³/mol. The van der Waals surface area contributed by atoms with Crippen LogP contribution in [0.15, 0.2) is 44.5 Å². The third kappa shape index (κ3) is 4.89. The van der Waals surface area contributed by atoms with Crippen molar-refractivity contribution in [1.29, 1.82) is 0 Å². The van der Waals surface area contributed by atoms with E-state index in [1.165, 1.54) is 31.2 Å². The van der Waals surface area contributed by atoms with Crippen molar-refractivity contribution in [2.24, 2.45) is 0 Å². The van der Waals surface area contributed by atoms with Crippen molar-refractivity contribution >= 4 is 37.6 Å². The van der Waals surface area contributed by atoms with Gasteiger partial charge in [-0.25, -0.2) is 22.6 Å². The minimum absolute atomic E-state index is 0.00136. The first-order valence-corrected chi connectivity index (χ1v) is 12.9. The molecule has 8 nitrogen and oxygen atoms in total. The Kier molecular flexibility index (Phi) is 6.47. The molecular weight excluding hydrogens is 483 g/mol. The second kappa shape index (κ2) is 9.03. The summed E-state index contributed by atoms with van der Waals surface area (Å²) in [5, 5.41) is 3.08. The molecule has 0 amide bonds. The van der Waals surface area contributed by atoms with Gasteiger partial charge in [0.05, 0.1) is 21.6 Å². The molecule has 0 bridgehead atoms. The third-order valence-corrected chi connectivity index (χ3v) is 8.01. The van der Waals surface area contributed by atoms with Crippen LogP contribution in [0.4, 0.5) is 19.0 Å². The van der Waals surface area contributed by atoms with Crippen LogP contribution in [0.3, 0.4) is 0 Å². The molecule has 3 aromatic rings. The number of anilines is 1. The van der Waals surface area contributed by atoms with E-state index >= 15 is 0 Å². The minimum Gasteiger partial charge on any atom is -0.435 e. The van der Waals surface area contributed by atoms with Crippen LogP contribution >= 0.6 is 0 Å². The van der Waals surface area contributed by atoms with Gasteiger partial charge in [-0.15, -0.1) is 0 Å². The topological polar surface area (TPSA) is 111 Å². The van der Waals surface area contributed by atoms with Crippen LogP contribution in [0.2, 0.25) is 0 Å². The average Bonchev–Trinajstić information content (AvgIpc) is 3.45. The maximum atomic E-state index is 13.1. The van der Waals surface area contributed by atoms with Gasteiger partial charge in [0.25, 0.3) is 0 Å². The molecule has 3 heterocycles. The number of ether oxygens (including phenoxy) is 1. The first-order chi connectivity index (χ1) is 15.6. The number of alkyl halides is 3. The Labute approximate surface area is 189 Å². The van der Waals surface area contributed by atoms with Crippen LogP contribution in [0, 0.1) is 0 Å². The van der Waals surface area contributed by atoms with Crippen LogP contribution in [0.1, 0.15) is 19.8 Å². The quantitative estimate of drug-likeness (QED) is 0.517. The van der Waals surface area contributed by atoms with Gasteiger partial charge in [0.2, 0.25) is 5.89 Å². The molecule has 33 heavy (non-hydrogen) atoms. The smallest absolute Gasteiger partial charge is 0.435 e. The number of rotatable bonds is 7. The number of sulfone groups is 1. The Morgan fingerprint density at radius 2 is 2.00 bits per heavy atom. The number of hydrogen-bond acceptors (Lipinski definition) is 8. The van der Waals surface area contributed by atoms with Crippen molar-refractivity contribution in [3.8, 4) is 11.6 Å². The van der Waals surface area contributed by atoms with Crippen LogP contribution in [-0.2, 0) is 25.4 Å². The Morgan fingerprint density at radius 1 is 1.21 bits per heavy atom. The highest BCUT2D eigenvalue weighted by molar-refractivity contribution is 7.91. The molecule has 2 atom stereocenters. The molecule has 2 aromatic heterocycles. The Morgan fingerprint density at radius 3 is 2.67 bits per heavy atom. The first-order valence-electron chi connectivity index (χ1n) is 10.1. The molecule has 1 aromatic carbocycles. The van der Waals surface area contributed by atoms with Gasteiger partial charge >= 0.3 is 5.51 Å². The molecule has 4 rings (SSSR count). The number of aromatic nitrogens is 2. The lowest BCUT2D eigenvalue weighted by atomic mass is 10.2. The number of pyridine rings is 1. The van der Waals surface area contributed by atoms with Gasteiger partial charge < -0.3 is 14.5 Å². The van der Waals surface area contributed by atoms with E-state index < -0.39 is 31.0 Å². The van der Waals surface area contributed by atoms with Gasteiger partial charge in [-0.2, -0.15) is 13.2 Å². The van der Waals surface area contributed by atoms with Crippen LogP contribution < -0.4 is 5.32 Å². The highest BCUT2D eigenvalue weighted by Crippen LogP contribution is 2.35. The molecule has 1 aliphatic heterocycles. The Balaban J connectivity index is 1.80. The fourth-order valence-corrected chi connectivity index (χ4v) is 5.21. The maximum Gasteiger partial charge on any atom is 0.475 e. The van der Waals surface area contributed by atoms with E-state index in [1.807, 2.05) is 0 Å². The van der Waals surface area contributed by atoms with E-state index in [9.17, 15) is 25.8 Å². The van der Waals surface area contributed by atoms with E-state index in [0.29, 0.717) is 19.0 Å². The lowest BCUT2D eigenvalue weighted by Gasteiger charge is -2.13. The lowest BCUT2D eigenvalue weighted by Crippen LogP contribution is -2.19. The first kappa shape index (κ1) is 23.6. The average molecular weight is 504 g/mol. The Hall–Kier alpha value is -2.51. The van der Waals surface area contributed by atoms with Crippen LogP contribution in [0.5, 0.6) is 0 Å². The summed E-state index contributed by atoms with van der Waals surface area (Å²) in [7, 11) is -7.11. The van der Waals surface area contributed by atoms with Gasteiger partial charge in [0.15, 0.2) is 26.2 Å². The summed E-state index contributed by atoms with van der Waals surface area (Å²) in [5.41, 5.74) is -5.48. The van der Waals surface area contributed by atoms with Crippen LogP contribution in [-0.4, -0.2) is 53.1 Å². The summed E-state index contributed by atoms with van der Waals surface area (Å²) in [5.74, 6) is -0.185. The van der Waals surface area contributed by atoms with Crippen molar-refractivity contribution < 1.29 is 35.0 Å². The fourth-order valence-electron chi connectivity index (χ4n) is 3.43. The summed E-state index contributed by atoms with van der Waals surface area (Å²) >= 11 is 0. The second-order valence-electron chi connectivity index (χ2n) is 7.30. The number of halogens is 3. The number of fused-ring (bicyclic) bond motifs is 1. The van der Waals surface area contributed by atoms with Gasteiger partial charge in [-0.3, -0.25) is 0 Å². The van der Waals surface area contributed by atoms with Crippen molar-refractivity contribution in [3.05, 3.63) is 30.3 Å². The highest BCUT2D eigenvalue weighted by atomic mass is 32.2. The summed E-state index contributed by atoms with van der Waals surface area (Å²) in [6.07, 6.45) is 1.83. The fraction of sp³-hybridized carbons (Fsp3) is 0.400. The molecular formula is C20H20F3N3O5S2. The molecule has 2 unspecified atom stereocenters. The molecule has 1 saturated heterocycles. The molecule has 178 valence electrons. The van der Waals surface area contributed by atoms with Gasteiger partial charge in [-0.05, 0) is 37.1 Å². The molecule has 1 N–H and O–H groups in total. The zero-order valence-corrected chi connectivity index (χ0v) is 19.0. The van der Waals surface area contributed by atoms with Crippen LogP contribution in [0.25, 0.3) is 22.7 Å². The normalized spacial score (nSPS) is 18.0. The minimum atomic E-state index is -4.99. The zero-order chi connectivity index (χ0) is 23.8. The molecule has 0 saturated carbocycles. The number of nitrogens with zero attached hydrogens (tertiary/aromatic N) is 2. The van der Waals surface area contributed by atoms with Crippen molar-refractivity contribution in [2.75, 3.05) is 24.2 Å². The van der Waals surface area contributed by atoms with E-state index in [2.05, 4.69) is 15.3 Å². The SMILES string of the molecule is CCS(=O)(=O)c1ccc(NCC2CCCO2)nc1-c1nc2c(S(=O)C(F)(F)F)cccc2o1.